The fourth-order valence-electron chi connectivity index (χ4n) is 1.94. The summed E-state index contributed by atoms with van der Waals surface area (Å²) in [4.78, 5) is 15.1. The van der Waals surface area contributed by atoms with Crippen molar-refractivity contribution in [3.8, 4) is 0 Å². The molecule has 0 saturated heterocycles. The van der Waals surface area contributed by atoms with Gasteiger partial charge in [-0.15, -0.1) is 0 Å². The van der Waals surface area contributed by atoms with Crippen LogP contribution in [0.25, 0.3) is 0 Å². The highest BCUT2D eigenvalue weighted by Crippen LogP contribution is 2.24. The molecular formula is C17H21N3O. The van der Waals surface area contributed by atoms with Crippen molar-refractivity contribution in [3.05, 3.63) is 48.2 Å². The number of aromatic nitrogens is 1. The molecule has 0 aliphatic heterocycles. The predicted octanol–water partition coefficient (Wildman–Crippen LogP) is 4.08. The molecule has 1 aromatic heterocycles. The van der Waals surface area contributed by atoms with Gasteiger partial charge in [0, 0.05) is 12.6 Å². The van der Waals surface area contributed by atoms with Crippen molar-refractivity contribution in [2.24, 2.45) is 0 Å². The lowest BCUT2D eigenvalue weighted by Crippen LogP contribution is -2.10. The second kappa shape index (κ2) is 5.95. The molecule has 0 radical (unpaired) electrons. The fourth-order valence-corrected chi connectivity index (χ4v) is 1.94. The summed E-state index contributed by atoms with van der Waals surface area (Å²) < 4.78 is 0. The van der Waals surface area contributed by atoms with Crippen molar-refractivity contribution in [2.75, 3.05) is 10.6 Å². The summed E-state index contributed by atoms with van der Waals surface area (Å²) in [5, 5.41) is 5.93. The molecule has 0 spiro atoms. The van der Waals surface area contributed by atoms with Gasteiger partial charge in [-0.2, -0.15) is 0 Å². The molecule has 0 aliphatic rings. The summed E-state index contributed by atoms with van der Waals surface area (Å²) in [5.74, 6) is 0.428. The zero-order valence-corrected chi connectivity index (χ0v) is 12.9. The average Bonchev–Trinajstić information content (AvgIpc) is 2.40. The molecule has 0 bridgehead atoms. The fraction of sp³-hybridized carbons (Fsp3) is 0.294. The number of anilines is 3. The van der Waals surface area contributed by atoms with Gasteiger partial charge in [-0.3, -0.25) is 4.79 Å². The van der Waals surface area contributed by atoms with E-state index in [4.69, 9.17) is 0 Å². The molecule has 0 unspecified atom stereocenters. The van der Waals surface area contributed by atoms with Crippen LogP contribution in [0.1, 0.15) is 33.3 Å². The molecule has 110 valence electrons. The first kappa shape index (κ1) is 15.0. The maximum Gasteiger partial charge on any atom is 0.222 e. The summed E-state index contributed by atoms with van der Waals surface area (Å²) in [6.07, 6.45) is 1.70. The Hall–Kier alpha value is -2.36. The van der Waals surface area contributed by atoms with Gasteiger partial charge >= 0.3 is 0 Å². The van der Waals surface area contributed by atoms with E-state index in [0.29, 0.717) is 5.82 Å². The molecule has 4 heteroatoms. The van der Waals surface area contributed by atoms with Crippen LogP contribution in [-0.2, 0) is 10.2 Å². The minimum absolute atomic E-state index is 0.124. The molecule has 2 rings (SSSR count). The van der Waals surface area contributed by atoms with E-state index in [2.05, 4.69) is 60.7 Å². The van der Waals surface area contributed by atoms with E-state index in [1.165, 1.54) is 12.5 Å². The highest BCUT2D eigenvalue weighted by molar-refractivity contribution is 5.87. The highest BCUT2D eigenvalue weighted by atomic mass is 16.1. The van der Waals surface area contributed by atoms with E-state index < -0.39 is 0 Å². The molecule has 1 amide bonds. The van der Waals surface area contributed by atoms with Crippen molar-refractivity contribution < 1.29 is 4.79 Å². The van der Waals surface area contributed by atoms with E-state index in [-0.39, 0.29) is 11.3 Å². The average molecular weight is 283 g/mol. The van der Waals surface area contributed by atoms with E-state index in [9.17, 15) is 4.79 Å². The van der Waals surface area contributed by atoms with E-state index in [1.807, 2.05) is 6.07 Å². The van der Waals surface area contributed by atoms with Crippen molar-refractivity contribution in [1.29, 1.82) is 0 Å². The Morgan fingerprint density at radius 1 is 1.00 bits per heavy atom. The van der Waals surface area contributed by atoms with Gasteiger partial charge in [-0.1, -0.05) is 32.9 Å². The number of carbonyl (C=O) groups is 1. The largest absolute Gasteiger partial charge is 0.354 e. The second-order valence-electron chi connectivity index (χ2n) is 6.07. The number of nitrogens with one attached hydrogen (secondary N) is 2. The molecule has 4 nitrogen and oxygen atoms in total. The first-order valence-electron chi connectivity index (χ1n) is 6.96. The first-order valence-corrected chi connectivity index (χ1v) is 6.96. The van der Waals surface area contributed by atoms with Gasteiger partial charge in [-0.25, -0.2) is 4.98 Å². The Morgan fingerprint density at radius 2 is 1.62 bits per heavy atom. The number of hydrogen-bond donors (Lipinski definition) is 2. The highest BCUT2D eigenvalue weighted by Gasteiger charge is 2.12. The van der Waals surface area contributed by atoms with Gasteiger partial charge < -0.3 is 10.6 Å². The first-order chi connectivity index (χ1) is 9.84. The number of pyridine rings is 1. The van der Waals surface area contributed by atoms with E-state index >= 15 is 0 Å². The molecule has 0 saturated carbocycles. The molecule has 1 aromatic carbocycles. The summed E-state index contributed by atoms with van der Waals surface area (Å²) in [6, 6.07) is 12.0. The van der Waals surface area contributed by atoms with Crippen LogP contribution in [0.4, 0.5) is 17.2 Å². The zero-order chi connectivity index (χ0) is 15.5. The standard InChI is InChI=1S/C17H21N3O/c1-12(21)19-16-10-9-15(11-18-16)20-14-7-5-13(6-8-14)17(2,3)4/h5-11,20H,1-4H3,(H,18,19,21). The molecule has 2 N–H and O–H groups in total. The van der Waals surface area contributed by atoms with Crippen LogP contribution in [0.15, 0.2) is 42.6 Å². The van der Waals surface area contributed by atoms with Crippen LogP contribution in [0.2, 0.25) is 0 Å². The lowest BCUT2D eigenvalue weighted by molar-refractivity contribution is -0.114. The molecule has 0 atom stereocenters. The number of amides is 1. The zero-order valence-electron chi connectivity index (χ0n) is 12.9. The van der Waals surface area contributed by atoms with Gasteiger partial charge in [0.15, 0.2) is 0 Å². The SMILES string of the molecule is CC(=O)Nc1ccc(Nc2ccc(C(C)(C)C)cc2)cn1. The Bertz CT molecular complexity index is 610. The van der Waals surface area contributed by atoms with Crippen LogP contribution in [-0.4, -0.2) is 10.9 Å². The third kappa shape index (κ3) is 4.31. The maximum atomic E-state index is 10.9. The summed E-state index contributed by atoms with van der Waals surface area (Å²) in [5.41, 5.74) is 3.34. The molecule has 2 aromatic rings. The van der Waals surface area contributed by atoms with Gasteiger partial charge in [0.05, 0.1) is 11.9 Å². The van der Waals surface area contributed by atoms with Gasteiger partial charge in [0.1, 0.15) is 5.82 Å². The lowest BCUT2D eigenvalue weighted by Gasteiger charge is -2.19. The smallest absolute Gasteiger partial charge is 0.222 e. The summed E-state index contributed by atoms with van der Waals surface area (Å²) in [7, 11) is 0. The van der Waals surface area contributed by atoms with Gasteiger partial charge in [0.25, 0.3) is 0 Å². The van der Waals surface area contributed by atoms with Crippen molar-refractivity contribution in [3.63, 3.8) is 0 Å². The number of rotatable bonds is 3. The van der Waals surface area contributed by atoms with Crippen LogP contribution in [0, 0.1) is 0 Å². The van der Waals surface area contributed by atoms with Gasteiger partial charge in [-0.05, 0) is 35.2 Å². The van der Waals surface area contributed by atoms with E-state index in [0.717, 1.165) is 11.4 Å². The summed E-state index contributed by atoms with van der Waals surface area (Å²) >= 11 is 0. The molecule has 21 heavy (non-hydrogen) atoms. The number of benzene rings is 1. The number of nitrogens with zero attached hydrogens (tertiary/aromatic N) is 1. The Kier molecular flexibility index (Phi) is 4.26. The Labute approximate surface area is 125 Å². The molecule has 0 aliphatic carbocycles. The van der Waals surface area contributed by atoms with Crippen LogP contribution < -0.4 is 10.6 Å². The van der Waals surface area contributed by atoms with Crippen molar-refractivity contribution in [2.45, 2.75) is 33.1 Å². The van der Waals surface area contributed by atoms with Crippen LogP contribution in [0.3, 0.4) is 0 Å². The van der Waals surface area contributed by atoms with E-state index in [1.54, 1.807) is 12.3 Å². The Morgan fingerprint density at radius 3 is 2.10 bits per heavy atom. The van der Waals surface area contributed by atoms with Crippen molar-refractivity contribution >= 4 is 23.1 Å². The lowest BCUT2D eigenvalue weighted by atomic mass is 9.87. The minimum Gasteiger partial charge on any atom is -0.354 e. The molecular weight excluding hydrogens is 262 g/mol. The quantitative estimate of drug-likeness (QED) is 0.892. The molecule has 1 heterocycles. The van der Waals surface area contributed by atoms with Gasteiger partial charge in [0.2, 0.25) is 5.91 Å². The predicted molar refractivity (Wildman–Crippen MR) is 87.0 cm³/mol. The number of hydrogen-bond acceptors (Lipinski definition) is 3. The number of carbonyl (C=O) groups excluding carboxylic acids is 1. The normalized spacial score (nSPS) is 11.0. The third-order valence-electron chi connectivity index (χ3n) is 3.11. The topological polar surface area (TPSA) is 54.0 Å². The van der Waals surface area contributed by atoms with Crippen LogP contribution in [0.5, 0.6) is 0 Å². The second-order valence-corrected chi connectivity index (χ2v) is 6.07. The third-order valence-corrected chi connectivity index (χ3v) is 3.11. The van der Waals surface area contributed by atoms with Crippen molar-refractivity contribution in [1.82, 2.24) is 4.98 Å². The molecule has 0 fully saturated rings. The van der Waals surface area contributed by atoms with Crippen LogP contribution >= 0.6 is 0 Å². The summed E-state index contributed by atoms with van der Waals surface area (Å²) in [6.45, 7) is 8.05. The minimum atomic E-state index is -0.124. The Balaban J connectivity index is 2.06. The maximum absolute atomic E-state index is 10.9. The monoisotopic (exact) mass is 283 g/mol.